The molecule has 0 radical (unpaired) electrons. The first-order valence-corrected chi connectivity index (χ1v) is 9.34. The predicted molar refractivity (Wildman–Crippen MR) is 96.2 cm³/mol. The number of hydrogen-bond acceptors (Lipinski definition) is 3. The Morgan fingerprint density at radius 2 is 2.04 bits per heavy atom. The fourth-order valence-electron chi connectivity index (χ4n) is 4.19. The second-order valence-corrected chi connectivity index (χ2v) is 7.33. The topological polar surface area (TPSA) is 41.6 Å². The lowest BCUT2D eigenvalue weighted by molar-refractivity contribution is -0.134. The second kappa shape index (κ2) is 8.02. The molecule has 0 spiro atoms. The highest BCUT2D eigenvalue weighted by atomic mass is 16.5. The number of methoxy groups -OCH3 is 1. The van der Waals surface area contributed by atoms with Gasteiger partial charge in [0.25, 0.3) is 0 Å². The molecule has 0 unspecified atom stereocenters. The minimum Gasteiger partial charge on any atom is -0.496 e. The van der Waals surface area contributed by atoms with Gasteiger partial charge in [0.2, 0.25) is 5.91 Å². The molecule has 132 valence electrons. The molecule has 1 aliphatic carbocycles. The number of carbonyl (C=O) groups is 1. The number of benzene rings is 1. The fourth-order valence-corrected chi connectivity index (χ4v) is 4.19. The standard InChI is InChI=1S/C20H30N2O2/c1-15(13-17-9-5-6-10-19(17)24-2)21-18-11-12-22(14-18)20(23)16-7-3-4-8-16/h5-6,9-10,15-16,18,21H,3-4,7-8,11-14H2,1-2H3/t15-,18+/m0/s1. The number of rotatable bonds is 6. The van der Waals surface area contributed by atoms with E-state index in [4.69, 9.17) is 4.74 Å². The third-order valence-electron chi connectivity index (χ3n) is 5.44. The van der Waals surface area contributed by atoms with Crippen LogP contribution in [-0.4, -0.2) is 43.1 Å². The van der Waals surface area contributed by atoms with Crippen LogP contribution in [0.4, 0.5) is 0 Å². The van der Waals surface area contributed by atoms with Crippen molar-refractivity contribution in [3.8, 4) is 5.75 Å². The summed E-state index contributed by atoms with van der Waals surface area (Å²) in [5.41, 5.74) is 1.23. The van der Waals surface area contributed by atoms with E-state index in [1.165, 1.54) is 18.4 Å². The minimum absolute atomic E-state index is 0.301. The number of ether oxygens (including phenoxy) is 1. The lowest BCUT2D eigenvalue weighted by Gasteiger charge is -2.23. The Kier molecular flexibility index (Phi) is 5.77. The van der Waals surface area contributed by atoms with Crippen LogP contribution in [0.1, 0.15) is 44.6 Å². The maximum atomic E-state index is 12.5. The molecule has 1 aliphatic heterocycles. The van der Waals surface area contributed by atoms with Gasteiger partial charge in [-0.25, -0.2) is 0 Å². The van der Waals surface area contributed by atoms with Crippen LogP contribution in [0.25, 0.3) is 0 Å². The molecule has 1 N–H and O–H groups in total. The van der Waals surface area contributed by atoms with Crippen LogP contribution < -0.4 is 10.1 Å². The molecule has 1 saturated heterocycles. The Morgan fingerprint density at radius 3 is 2.79 bits per heavy atom. The molecule has 1 heterocycles. The summed E-state index contributed by atoms with van der Waals surface area (Å²) in [7, 11) is 1.72. The number of nitrogens with zero attached hydrogens (tertiary/aromatic N) is 1. The average molecular weight is 330 g/mol. The molecule has 3 rings (SSSR count). The maximum absolute atomic E-state index is 12.5. The van der Waals surface area contributed by atoms with Crippen LogP contribution in [0.2, 0.25) is 0 Å². The van der Waals surface area contributed by atoms with Gasteiger partial charge < -0.3 is 15.0 Å². The average Bonchev–Trinajstić information content (AvgIpc) is 3.26. The molecule has 2 atom stereocenters. The smallest absolute Gasteiger partial charge is 0.225 e. The zero-order chi connectivity index (χ0) is 16.9. The largest absolute Gasteiger partial charge is 0.496 e. The Balaban J connectivity index is 1.49. The van der Waals surface area contributed by atoms with E-state index in [0.29, 0.717) is 23.9 Å². The van der Waals surface area contributed by atoms with Crippen molar-refractivity contribution in [2.45, 2.75) is 57.5 Å². The first-order chi connectivity index (χ1) is 11.7. The summed E-state index contributed by atoms with van der Waals surface area (Å²) in [6.45, 7) is 3.99. The number of hydrogen-bond donors (Lipinski definition) is 1. The Morgan fingerprint density at radius 1 is 1.29 bits per heavy atom. The van der Waals surface area contributed by atoms with Gasteiger partial charge in [0.15, 0.2) is 0 Å². The molecule has 0 bridgehead atoms. The summed E-state index contributed by atoms with van der Waals surface area (Å²) < 4.78 is 5.44. The van der Waals surface area contributed by atoms with Gasteiger partial charge in [-0.05, 0) is 44.2 Å². The highest BCUT2D eigenvalue weighted by Gasteiger charge is 2.32. The van der Waals surface area contributed by atoms with Crippen molar-refractivity contribution in [1.29, 1.82) is 0 Å². The monoisotopic (exact) mass is 330 g/mol. The van der Waals surface area contributed by atoms with Crippen LogP contribution in [0.5, 0.6) is 5.75 Å². The molecule has 2 aliphatic rings. The lowest BCUT2D eigenvalue weighted by atomic mass is 10.0. The highest BCUT2D eigenvalue weighted by molar-refractivity contribution is 5.79. The second-order valence-electron chi connectivity index (χ2n) is 7.33. The number of amides is 1. The normalized spacial score (nSPS) is 22.8. The van der Waals surface area contributed by atoms with Crippen molar-refractivity contribution in [2.75, 3.05) is 20.2 Å². The zero-order valence-corrected chi connectivity index (χ0v) is 15.0. The fraction of sp³-hybridized carbons (Fsp3) is 0.650. The lowest BCUT2D eigenvalue weighted by Crippen LogP contribution is -2.41. The number of nitrogens with one attached hydrogen (secondary N) is 1. The van der Waals surface area contributed by atoms with Crippen LogP contribution >= 0.6 is 0 Å². The Hall–Kier alpha value is -1.55. The quantitative estimate of drug-likeness (QED) is 0.872. The SMILES string of the molecule is COc1ccccc1C[C@H](C)N[C@@H]1CCN(C(=O)C2CCCC2)C1. The van der Waals surface area contributed by atoms with E-state index in [1.54, 1.807) is 7.11 Å². The van der Waals surface area contributed by atoms with E-state index in [1.807, 2.05) is 12.1 Å². The third-order valence-corrected chi connectivity index (χ3v) is 5.44. The van der Waals surface area contributed by atoms with Crippen LogP contribution in [0.15, 0.2) is 24.3 Å². The van der Waals surface area contributed by atoms with Gasteiger partial charge in [-0.3, -0.25) is 4.79 Å². The molecule has 0 aromatic heterocycles. The van der Waals surface area contributed by atoms with Crippen molar-refractivity contribution in [1.82, 2.24) is 10.2 Å². The van der Waals surface area contributed by atoms with E-state index in [2.05, 4.69) is 29.3 Å². The van der Waals surface area contributed by atoms with Crippen LogP contribution in [0, 0.1) is 5.92 Å². The van der Waals surface area contributed by atoms with Gasteiger partial charge in [0.05, 0.1) is 7.11 Å². The molecule has 24 heavy (non-hydrogen) atoms. The number of likely N-dealkylation sites (tertiary alicyclic amines) is 1. The van der Waals surface area contributed by atoms with Crippen LogP contribution in [0.3, 0.4) is 0 Å². The molecule has 1 saturated carbocycles. The number of para-hydroxylation sites is 1. The van der Waals surface area contributed by atoms with Crippen molar-refractivity contribution >= 4 is 5.91 Å². The highest BCUT2D eigenvalue weighted by Crippen LogP contribution is 2.28. The molecule has 1 aromatic rings. The molecular formula is C20H30N2O2. The zero-order valence-electron chi connectivity index (χ0n) is 15.0. The van der Waals surface area contributed by atoms with E-state index in [9.17, 15) is 4.79 Å². The van der Waals surface area contributed by atoms with Crippen molar-refractivity contribution in [2.24, 2.45) is 5.92 Å². The summed E-state index contributed by atoms with van der Waals surface area (Å²) in [4.78, 5) is 14.6. The third kappa shape index (κ3) is 4.10. The van der Waals surface area contributed by atoms with E-state index in [-0.39, 0.29) is 0 Å². The van der Waals surface area contributed by atoms with Crippen molar-refractivity contribution < 1.29 is 9.53 Å². The van der Waals surface area contributed by atoms with E-state index in [0.717, 1.165) is 44.5 Å². The Bertz CT molecular complexity index is 554. The minimum atomic E-state index is 0.301. The summed E-state index contributed by atoms with van der Waals surface area (Å²) in [6.07, 6.45) is 6.64. The number of carbonyl (C=O) groups excluding carboxylic acids is 1. The molecular weight excluding hydrogens is 300 g/mol. The summed E-state index contributed by atoms with van der Waals surface area (Å²) in [6, 6.07) is 8.99. The van der Waals surface area contributed by atoms with Gasteiger partial charge in [0.1, 0.15) is 5.75 Å². The maximum Gasteiger partial charge on any atom is 0.225 e. The van der Waals surface area contributed by atoms with Gasteiger partial charge in [-0.2, -0.15) is 0 Å². The van der Waals surface area contributed by atoms with E-state index < -0.39 is 0 Å². The summed E-state index contributed by atoms with van der Waals surface area (Å²) in [5, 5.41) is 3.70. The van der Waals surface area contributed by atoms with E-state index >= 15 is 0 Å². The van der Waals surface area contributed by atoms with Gasteiger partial charge >= 0.3 is 0 Å². The first kappa shape index (κ1) is 17.3. The summed E-state index contributed by atoms with van der Waals surface area (Å²) in [5.74, 6) is 1.65. The van der Waals surface area contributed by atoms with Gasteiger partial charge in [-0.1, -0.05) is 31.0 Å². The molecule has 1 amide bonds. The molecule has 4 nitrogen and oxygen atoms in total. The van der Waals surface area contributed by atoms with Crippen LogP contribution in [-0.2, 0) is 11.2 Å². The van der Waals surface area contributed by atoms with Gasteiger partial charge in [0, 0.05) is 31.1 Å². The predicted octanol–water partition coefficient (Wildman–Crippen LogP) is 3.01. The molecule has 1 aromatic carbocycles. The molecule has 2 fully saturated rings. The van der Waals surface area contributed by atoms with Gasteiger partial charge in [-0.15, -0.1) is 0 Å². The van der Waals surface area contributed by atoms with Crippen molar-refractivity contribution in [3.05, 3.63) is 29.8 Å². The Labute approximate surface area is 145 Å². The first-order valence-electron chi connectivity index (χ1n) is 9.34. The summed E-state index contributed by atoms with van der Waals surface area (Å²) >= 11 is 0. The molecule has 4 heteroatoms. The van der Waals surface area contributed by atoms with Crippen molar-refractivity contribution in [3.63, 3.8) is 0 Å².